The summed E-state index contributed by atoms with van der Waals surface area (Å²) in [7, 11) is 0. The number of hydrogen-bond acceptors (Lipinski definition) is 2. The molecule has 0 aromatic heterocycles. The minimum atomic E-state index is -1.05. The van der Waals surface area contributed by atoms with Gasteiger partial charge in [-0.2, -0.15) is 0 Å². The number of carboxylic acid groups (broad SMARTS) is 1. The lowest BCUT2D eigenvalue weighted by molar-refractivity contribution is -0.139. The van der Waals surface area contributed by atoms with Gasteiger partial charge in [-0.1, -0.05) is 28.9 Å². The number of phenols is 1. The first kappa shape index (κ1) is 13.5. The van der Waals surface area contributed by atoms with Crippen LogP contribution in [0.3, 0.4) is 0 Å². The lowest BCUT2D eigenvalue weighted by Crippen LogP contribution is -2.33. The molecule has 1 rings (SSSR count). The summed E-state index contributed by atoms with van der Waals surface area (Å²) >= 11 is 6.38. The van der Waals surface area contributed by atoms with E-state index in [0.717, 1.165) is 5.56 Å². The fraction of sp³-hybridized carbons (Fsp3) is 0.364. The van der Waals surface area contributed by atoms with Crippen LogP contribution in [0.2, 0.25) is 0 Å². The van der Waals surface area contributed by atoms with Gasteiger partial charge in [0.05, 0.1) is 4.47 Å². The Morgan fingerprint density at radius 2 is 2.06 bits per heavy atom. The molecule has 1 aromatic rings. The van der Waals surface area contributed by atoms with Gasteiger partial charge in [0.25, 0.3) is 0 Å². The smallest absolute Gasteiger partial charge is 0.320 e. The van der Waals surface area contributed by atoms with E-state index in [-0.39, 0.29) is 11.7 Å². The van der Waals surface area contributed by atoms with Gasteiger partial charge in [-0.3, -0.25) is 4.79 Å². The molecular formula is C11H12Br2O3. The van der Waals surface area contributed by atoms with Crippen molar-refractivity contribution in [2.45, 2.75) is 24.1 Å². The van der Waals surface area contributed by atoms with Crippen molar-refractivity contribution in [1.29, 1.82) is 0 Å². The van der Waals surface area contributed by atoms with Crippen molar-refractivity contribution in [2.75, 3.05) is 0 Å². The molecule has 0 saturated carbocycles. The first-order valence-electron chi connectivity index (χ1n) is 4.67. The van der Waals surface area contributed by atoms with E-state index in [9.17, 15) is 9.90 Å². The summed E-state index contributed by atoms with van der Waals surface area (Å²) in [6.07, 6.45) is 0. The van der Waals surface area contributed by atoms with Gasteiger partial charge in [0, 0.05) is 5.92 Å². The van der Waals surface area contributed by atoms with Gasteiger partial charge in [-0.05, 0) is 40.5 Å². The number of aliphatic carboxylic acids is 1. The molecule has 1 aromatic carbocycles. The Kier molecular flexibility index (Phi) is 4.02. The number of benzene rings is 1. The lowest BCUT2D eigenvalue weighted by Gasteiger charge is -2.25. The number of phenolic OH excluding ortho intramolecular Hbond substituents is 1. The van der Waals surface area contributed by atoms with Crippen LogP contribution in [0.1, 0.15) is 25.3 Å². The molecule has 0 heterocycles. The third-order valence-electron chi connectivity index (χ3n) is 2.70. The Balaban J connectivity index is 3.10. The largest absolute Gasteiger partial charge is 0.507 e. The molecule has 2 N–H and O–H groups in total. The van der Waals surface area contributed by atoms with Gasteiger partial charge in [0.15, 0.2) is 0 Å². The summed E-state index contributed by atoms with van der Waals surface area (Å²) in [6, 6.07) is 5.06. The van der Waals surface area contributed by atoms with Gasteiger partial charge in [0.2, 0.25) is 0 Å². The van der Waals surface area contributed by atoms with E-state index < -0.39 is 10.3 Å². The van der Waals surface area contributed by atoms with E-state index in [1.807, 2.05) is 0 Å². The number of aromatic hydroxyl groups is 1. The highest BCUT2D eigenvalue weighted by Crippen LogP contribution is 2.37. The molecule has 88 valence electrons. The standard InChI is InChI=1S/C11H12Br2O3/c1-6(11(2,13)10(15)16)7-3-4-8(12)9(14)5-7/h3-6,14H,1-2H3,(H,15,16). The van der Waals surface area contributed by atoms with Crippen molar-refractivity contribution in [3.63, 3.8) is 0 Å². The molecule has 0 aliphatic carbocycles. The second-order valence-electron chi connectivity index (χ2n) is 3.81. The molecule has 0 aliphatic heterocycles. The summed E-state index contributed by atoms with van der Waals surface area (Å²) in [5.74, 6) is -1.08. The number of alkyl halides is 1. The highest BCUT2D eigenvalue weighted by molar-refractivity contribution is 9.10. The first-order valence-corrected chi connectivity index (χ1v) is 6.26. The van der Waals surface area contributed by atoms with Crippen LogP contribution in [0.5, 0.6) is 5.75 Å². The Morgan fingerprint density at radius 3 is 2.50 bits per heavy atom. The van der Waals surface area contributed by atoms with Crippen LogP contribution in [0.4, 0.5) is 0 Å². The number of rotatable bonds is 3. The van der Waals surface area contributed by atoms with E-state index in [1.165, 1.54) is 0 Å². The fourth-order valence-corrected chi connectivity index (χ4v) is 1.81. The van der Waals surface area contributed by atoms with Gasteiger partial charge >= 0.3 is 5.97 Å². The van der Waals surface area contributed by atoms with E-state index >= 15 is 0 Å². The summed E-state index contributed by atoms with van der Waals surface area (Å²) in [4.78, 5) is 11.1. The maximum absolute atomic E-state index is 11.1. The van der Waals surface area contributed by atoms with Crippen molar-refractivity contribution in [1.82, 2.24) is 0 Å². The zero-order valence-corrected chi connectivity index (χ0v) is 12.0. The van der Waals surface area contributed by atoms with Crippen molar-refractivity contribution in [3.8, 4) is 5.75 Å². The number of hydrogen-bond donors (Lipinski definition) is 2. The second kappa shape index (κ2) is 4.75. The third-order valence-corrected chi connectivity index (χ3v) is 4.40. The normalized spacial score (nSPS) is 16.5. The Labute approximate surface area is 111 Å². The molecule has 0 aliphatic rings. The molecular weight excluding hydrogens is 340 g/mol. The van der Waals surface area contributed by atoms with E-state index in [1.54, 1.807) is 32.0 Å². The molecule has 5 heteroatoms. The molecule has 0 saturated heterocycles. The van der Waals surface area contributed by atoms with Crippen molar-refractivity contribution in [3.05, 3.63) is 28.2 Å². The number of carboxylic acids is 1. The fourth-order valence-electron chi connectivity index (χ4n) is 1.30. The first-order chi connectivity index (χ1) is 7.26. The van der Waals surface area contributed by atoms with Crippen molar-refractivity contribution >= 4 is 37.8 Å². The van der Waals surface area contributed by atoms with Gasteiger partial charge in [0.1, 0.15) is 10.1 Å². The predicted octanol–water partition coefficient (Wildman–Crippen LogP) is 3.50. The average Bonchev–Trinajstić information content (AvgIpc) is 2.20. The predicted molar refractivity (Wildman–Crippen MR) is 69.2 cm³/mol. The van der Waals surface area contributed by atoms with E-state index in [4.69, 9.17) is 5.11 Å². The summed E-state index contributed by atoms with van der Waals surface area (Å²) < 4.78 is -0.456. The minimum Gasteiger partial charge on any atom is -0.507 e. The van der Waals surface area contributed by atoms with Gasteiger partial charge in [-0.15, -0.1) is 0 Å². The lowest BCUT2D eigenvalue weighted by atomic mass is 9.89. The zero-order valence-electron chi connectivity index (χ0n) is 8.87. The monoisotopic (exact) mass is 350 g/mol. The third kappa shape index (κ3) is 2.58. The summed E-state index contributed by atoms with van der Waals surface area (Å²) in [6.45, 7) is 3.39. The topological polar surface area (TPSA) is 57.5 Å². The molecule has 16 heavy (non-hydrogen) atoms. The Bertz CT molecular complexity index is 416. The molecule has 0 fully saturated rings. The summed E-state index contributed by atoms with van der Waals surface area (Å²) in [5.41, 5.74) is 0.766. The van der Waals surface area contributed by atoms with Crippen molar-refractivity contribution in [2.24, 2.45) is 0 Å². The highest BCUT2D eigenvalue weighted by Gasteiger charge is 2.37. The minimum absolute atomic E-state index is 0.109. The summed E-state index contributed by atoms with van der Waals surface area (Å²) in [5, 5.41) is 18.6. The maximum atomic E-state index is 11.1. The molecule has 2 unspecified atom stereocenters. The van der Waals surface area contributed by atoms with E-state index in [0.29, 0.717) is 4.47 Å². The molecule has 0 radical (unpaired) electrons. The average molecular weight is 352 g/mol. The Hall–Kier alpha value is -0.550. The van der Waals surface area contributed by atoms with Gasteiger partial charge in [-0.25, -0.2) is 0 Å². The molecule has 2 atom stereocenters. The van der Waals surface area contributed by atoms with Crippen molar-refractivity contribution < 1.29 is 15.0 Å². The highest BCUT2D eigenvalue weighted by atomic mass is 79.9. The van der Waals surface area contributed by atoms with Gasteiger partial charge < -0.3 is 10.2 Å². The van der Waals surface area contributed by atoms with Crippen LogP contribution >= 0.6 is 31.9 Å². The molecule has 0 bridgehead atoms. The second-order valence-corrected chi connectivity index (χ2v) is 6.31. The van der Waals surface area contributed by atoms with Crippen LogP contribution in [0, 0.1) is 0 Å². The zero-order chi connectivity index (χ0) is 12.5. The molecule has 3 nitrogen and oxygen atoms in total. The van der Waals surface area contributed by atoms with Crippen LogP contribution in [0.25, 0.3) is 0 Å². The van der Waals surface area contributed by atoms with Crippen LogP contribution in [0.15, 0.2) is 22.7 Å². The molecule has 0 spiro atoms. The van der Waals surface area contributed by atoms with E-state index in [2.05, 4.69) is 31.9 Å². The van der Waals surface area contributed by atoms with Crippen LogP contribution < -0.4 is 0 Å². The molecule has 0 amide bonds. The number of carbonyl (C=O) groups is 1. The van der Waals surface area contributed by atoms with Crippen LogP contribution in [-0.2, 0) is 4.79 Å². The number of halogens is 2. The Morgan fingerprint density at radius 1 is 1.50 bits per heavy atom. The maximum Gasteiger partial charge on any atom is 0.320 e. The van der Waals surface area contributed by atoms with Crippen LogP contribution in [-0.4, -0.2) is 20.5 Å². The quantitative estimate of drug-likeness (QED) is 0.819. The SMILES string of the molecule is CC(c1ccc(Br)c(O)c1)C(C)(Br)C(=O)O.